The number of fused-ring (bicyclic) bond motifs is 1. The van der Waals surface area contributed by atoms with Gasteiger partial charge in [-0.25, -0.2) is 0 Å². The summed E-state index contributed by atoms with van der Waals surface area (Å²) in [5, 5.41) is 17.4. The van der Waals surface area contributed by atoms with E-state index in [1.54, 1.807) is 0 Å². The van der Waals surface area contributed by atoms with Gasteiger partial charge in [-0.05, 0) is 74.7 Å². The van der Waals surface area contributed by atoms with Crippen LogP contribution in [0.3, 0.4) is 0 Å². The predicted molar refractivity (Wildman–Crippen MR) is 118 cm³/mol. The third-order valence-corrected chi connectivity index (χ3v) is 9.88. The van der Waals surface area contributed by atoms with Crippen molar-refractivity contribution >= 4 is 28.2 Å². The Balaban J connectivity index is 1.28. The van der Waals surface area contributed by atoms with Gasteiger partial charge in [0.1, 0.15) is 5.00 Å². The van der Waals surface area contributed by atoms with Gasteiger partial charge in [0.15, 0.2) is 0 Å². The summed E-state index contributed by atoms with van der Waals surface area (Å²) in [5.41, 5.74) is 1.41. The summed E-state index contributed by atoms with van der Waals surface area (Å²) in [6.45, 7) is 1.10. The molecular formula is C24H32N2O4S. The summed E-state index contributed by atoms with van der Waals surface area (Å²) in [7, 11) is 0. The molecule has 0 saturated heterocycles. The van der Waals surface area contributed by atoms with E-state index in [2.05, 4.69) is 10.6 Å². The van der Waals surface area contributed by atoms with Crippen molar-refractivity contribution in [2.75, 3.05) is 11.9 Å². The van der Waals surface area contributed by atoms with E-state index in [-0.39, 0.29) is 23.3 Å². The third kappa shape index (κ3) is 3.26. The van der Waals surface area contributed by atoms with E-state index in [1.165, 1.54) is 30.6 Å². The lowest BCUT2D eigenvalue weighted by molar-refractivity contribution is -0.127. The molecule has 6 nitrogen and oxygen atoms in total. The van der Waals surface area contributed by atoms with E-state index >= 15 is 0 Å². The molecule has 5 aliphatic carbocycles. The van der Waals surface area contributed by atoms with Crippen LogP contribution in [0.15, 0.2) is 0 Å². The Labute approximate surface area is 187 Å². The fraction of sp³-hybridized carbons (Fsp3) is 0.750. The smallest absolute Gasteiger partial charge is 0.254 e. The second kappa shape index (κ2) is 7.56. The van der Waals surface area contributed by atoms with Crippen LogP contribution in [-0.2, 0) is 22.6 Å². The Bertz CT molecular complexity index is 898. The molecule has 5 unspecified atom stereocenters. The first kappa shape index (κ1) is 20.2. The molecule has 168 valence electrons. The van der Waals surface area contributed by atoms with Crippen LogP contribution in [0, 0.1) is 23.2 Å². The van der Waals surface area contributed by atoms with Crippen LogP contribution in [0.1, 0.15) is 78.6 Å². The molecule has 3 N–H and O–H groups in total. The average Bonchev–Trinajstić information content (AvgIpc) is 3.33. The number of amides is 2. The van der Waals surface area contributed by atoms with Crippen LogP contribution >= 0.6 is 11.3 Å². The van der Waals surface area contributed by atoms with Gasteiger partial charge in [0.2, 0.25) is 5.91 Å². The standard InChI is InChI=1S/C24H32N2O4S/c27-18-4-2-1-3-17(18)25-21(28)20-16-5-6-30-12-19(16)31-22(20)26-23(29)24-10-13-7-14(11-24)9-15(24)8-13/h13-15,17-18,27H,1-12H2,(H,25,28)(H,26,29)/t13-,14?,15?,17?,18?,24?/m0/s1. The van der Waals surface area contributed by atoms with Crippen molar-refractivity contribution in [3.05, 3.63) is 16.0 Å². The number of ether oxygens (including phenoxy) is 1. The monoisotopic (exact) mass is 444 g/mol. The van der Waals surface area contributed by atoms with Crippen molar-refractivity contribution in [3.63, 3.8) is 0 Å². The van der Waals surface area contributed by atoms with Gasteiger partial charge in [-0.2, -0.15) is 0 Å². The molecule has 4 bridgehead atoms. The van der Waals surface area contributed by atoms with Gasteiger partial charge in [0.25, 0.3) is 5.91 Å². The summed E-state index contributed by atoms with van der Waals surface area (Å²) in [5.74, 6) is 1.92. The molecular weight excluding hydrogens is 412 g/mol. The number of hydrogen-bond acceptors (Lipinski definition) is 5. The molecule has 5 fully saturated rings. The Hall–Kier alpha value is -1.44. The van der Waals surface area contributed by atoms with Crippen LogP contribution in [0.2, 0.25) is 0 Å². The van der Waals surface area contributed by atoms with Crippen LogP contribution in [0.5, 0.6) is 0 Å². The molecule has 31 heavy (non-hydrogen) atoms. The predicted octanol–water partition coefficient (Wildman–Crippen LogP) is 3.62. The molecule has 0 spiro atoms. The summed E-state index contributed by atoms with van der Waals surface area (Å²) in [6, 6.07) is -0.208. The molecule has 7 heteroatoms. The topological polar surface area (TPSA) is 87.7 Å². The highest BCUT2D eigenvalue weighted by Gasteiger charge is 2.61. The first-order valence-corrected chi connectivity index (χ1v) is 12.9. The number of nitrogens with one attached hydrogen (secondary N) is 2. The highest BCUT2D eigenvalue weighted by molar-refractivity contribution is 7.17. The van der Waals surface area contributed by atoms with Gasteiger partial charge < -0.3 is 20.5 Å². The van der Waals surface area contributed by atoms with E-state index in [9.17, 15) is 14.7 Å². The lowest BCUT2D eigenvalue weighted by Gasteiger charge is -2.31. The van der Waals surface area contributed by atoms with E-state index in [1.807, 2.05) is 0 Å². The highest BCUT2D eigenvalue weighted by Crippen LogP contribution is 2.65. The van der Waals surface area contributed by atoms with Crippen LogP contribution in [0.25, 0.3) is 0 Å². The van der Waals surface area contributed by atoms with E-state index in [0.29, 0.717) is 48.0 Å². The second-order valence-electron chi connectivity index (χ2n) is 10.6. The minimum Gasteiger partial charge on any atom is -0.391 e. The summed E-state index contributed by atoms with van der Waals surface area (Å²) in [4.78, 5) is 28.0. The molecule has 5 saturated carbocycles. The maximum atomic E-state index is 13.6. The zero-order valence-electron chi connectivity index (χ0n) is 18.0. The van der Waals surface area contributed by atoms with Gasteiger partial charge in [-0.1, -0.05) is 12.8 Å². The molecule has 7 rings (SSSR count). The normalized spacial score (nSPS) is 38.2. The lowest BCUT2D eigenvalue weighted by atomic mass is 9.75. The van der Waals surface area contributed by atoms with Crippen LogP contribution in [0.4, 0.5) is 5.00 Å². The molecule has 1 aliphatic heterocycles. The fourth-order valence-electron chi connectivity index (χ4n) is 7.48. The Morgan fingerprint density at radius 1 is 1.10 bits per heavy atom. The molecule has 1 aromatic rings. The van der Waals surface area contributed by atoms with Crippen molar-refractivity contribution in [1.82, 2.24) is 5.32 Å². The zero-order chi connectivity index (χ0) is 21.2. The fourth-order valence-corrected chi connectivity index (χ4v) is 8.65. The summed E-state index contributed by atoms with van der Waals surface area (Å²) >= 11 is 1.50. The molecule has 2 amide bonds. The number of carbonyl (C=O) groups is 2. The number of aliphatic hydroxyl groups is 1. The van der Waals surface area contributed by atoms with Crippen molar-refractivity contribution in [1.29, 1.82) is 0 Å². The number of thiophene rings is 1. The van der Waals surface area contributed by atoms with Gasteiger partial charge in [0, 0.05) is 4.88 Å². The minimum absolute atomic E-state index is 0.133. The van der Waals surface area contributed by atoms with E-state index in [0.717, 1.165) is 49.0 Å². The van der Waals surface area contributed by atoms with Gasteiger partial charge in [-0.15, -0.1) is 11.3 Å². The second-order valence-corrected chi connectivity index (χ2v) is 11.7. The first-order chi connectivity index (χ1) is 15.0. The number of carbonyl (C=O) groups excluding carboxylic acids is 2. The quantitative estimate of drug-likeness (QED) is 0.662. The van der Waals surface area contributed by atoms with Crippen molar-refractivity contribution in [2.24, 2.45) is 23.2 Å². The molecule has 6 aliphatic rings. The Kier molecular flexibility index (Phi) is 4.92. The number of aliphatic hydroxyl groups excluding tert-OH is 1. The average molecular weight is 445 g/mol. The lowest BCUT2D eigenvalue weighted by Crippen LogP contribution is -2.45. The Morgan fingerprint density at radius 3 is 2.65 bits per heavy atom. The number of anilines is 1. The summed E-state index contributed by atoms with van der Waals surface area (Å²) in [6.07, 6.45) is 9.50. The molecule has 0 aromatic carbocycles. The third-order valence-electron chi connectivity index (χ3n) is 8.76. The Morgan fingerprint density at radius 2 is 1.87 bits per heavy atom. The van der Waals surface area contributed by atoms with E-state index in [4.69, 9.17) is 4.74 Å². The van der Waals surface area contributed by atoms with Crippen molar-refractivity contribution in [3.8, 4) is 0 Å². The van der Waals surface area contributed by atoms with Gasteiger partial charge in [-0.3, -0.25) is 9.59 Å². The molecule has 0 radical (unpaired) electrons. The van der Waals surface area contributed by atoms with E-state index < -0.39 is 6.10 Å². The first-order valence-electron chi connectivity index (χ1n) is 12.1. The zero-order valence-corrected chi connectivity index (χ0v) is 18.8. The SMILES string of the molecule is O=C(NC1CCCCC1O)c1c(NC(=O)C23CC4CC2C[C@H](C4)C3)sc2c1CCOC2. The van der Waals surface area contributed by atoms with Gasteiger partial charge in [0.05, 0.1) is 36.3 Å². The number of hydrogen-bond donors (Lipinski definition) is 3. The van der Waals surface area contributed by atoms with Crippen LogP contribution in [-0.4, -0.2) is 35.7 Å². The largest absolute Gasteiger partial charge is 0.391 e. The van der Waals surface area contributed by atoms with Crippen LogP contribution < -0.4 is 10.6 Å². The molecule has 1 aromatic heterocycles. The number of rotatable bonds is 4. The molecule has 6 atom stereocenters. The summed E-state index contributed by atoms with van der Waals surface area (Å²) < 4.78 is 5.63. The maximum Gasteiger partial charge on any atom is 0.254 e. The van der Waals surface area contributed by atoms with Gasteiger partial charge >= 0.3 is 0 Å². The van der Waals surface area contributed by atoms with Crippen molar-refractivity contribution < 1.29 is 19.4 Å². The molecule has 2 heterocycles. The maximum absolute atomic E-state index is 13.6. The van der Waals surface area contributed by atoms with Crippen molar-refractivity contribution in [2.45, 2.75) is 83.0 Å². The minimum atomic E-state index is -0.489. The highest BCUT2D eigenvalue weighted by atomic mass is 32.1.